The molecule has 1 aromatic carbocycles. The number of aromatic nitrogens is 3. The summed E-state index contributed by atoms with van der Waals surface area (Å²) >= 11 is 6.42. The molecular weight excluding hydrogens is 350 g/mol. The van der Waals surface area contributed by atoms with Crippen LogP contribution in [0.1, 0.15) is 28.4 Å². The van der Waals surface area contributed by atoms with E-state index < -0.39 is 0 Å². The third-order valence-electron chi connectivity index (χ3n) is 3.83. The van der Waals surface area contributed by atoms with Crippen LogP contribution in [0.5, 0.6) is 0 Å². The van der Waals surface area contributed by atoms with Crippen molar-refractivity contribution in [1.82, 2.24) is 14.8 Å². The van der Waals surface area contributed by atoms with E-state index in [1.165, 1.54) is 0 Å². The molecule has 0 atom stereocenters. The topological polar surface area (TPSA) is 57.0 Å². The van der Waals surface area contributed by atoms with Gasteiger partial charge in [-0.1, -0.05) is 35.9 Å². The highest BCUT2D eigenvalue weighted by Gasteiger charge is 2.15. The maximum Gasteiger partial charge on any atom is 0.338 e. The standard InChI is InChI=1S/C20H18ClN3O2/c1-3-26-20(25)16-9-5-4-7-14(16)10-11-17-18(23-24(2)19(17)21)15-8-6-12-22-13-15/h4-13H,3H2,1-2H3. The van der Waals surface area contributed by atoms with Gasteiger partial charge in [0.15, 0.2) is 0 Å². The molecule has 0 aliphatic carbocycles. The van der Waals surface area contributed by atoms with Crippen molar-refractivity contribution in [1.29, 1.82) is 0 Å². The lowest BCUT2D eigenvalue weighted by molar-refractivity contribution is 0.0526. The number of ether oxygens (including phenoxy) is 1. The summed E-state index contributed by atoms with van der Waals surface area (Å²) in [6, 6.07) is 11.1. The lowest BCUT2D eigenvalue weighted by Gasteiger charge is -2.05. The lowest BCUT2D eigenvalue weighted by atomic mass is 10.0. The van der Waals surface area contributed by atoms with E-state index in [2.05, 4.69) is 10.1 Å². The molecule has 0 bridgehead atoms. The Bertz CT molecular complexity index is 949. The van der Waals surface area contributed by atoms with Gasteiger partial charge in [0.05, 0.1) is 12.2 Å². The summed E-state index contributed by atoms with van der Waals surface area (Å²) in [6.45, 7) is 2.11. The summed E-state index contributed by atoms with van der Waals surface area (Å²) < 4.78 is 6.73. The Morgan fingerprint density at radius 3 is 2.77 bits per heavy atom. The van der Waals surface area contributed by atoms with Gasteiger partial charge in [0, 0.05) is 30.6 Å². The molecule has 0 aliphatic rings. The molecular formula is C20H18ClN3O2. The van der Waals surface area contributed by atoms with Gasteiger partial charge in [-0.25, -0.2) is 4.79 Å². The molecule has 0 amide bonds. The van der Waals surface area contributed by atoms with Gasteiger partial charge in [-0.05, 0) is 36.8 Å². The zero-order valence-electron chi connectivity index (χ0n) is 14.5. The molecule has 0 radical (unpaired) electrons. The number of nitrogens with zero attached hydrogens (tertiary/aromatic N) is 3. The van der Waals surface area contributed by atoms with Crippen molar-refractivity contribution in [2.45, 2.75) is 6.92 Å². The molecule has 0 aliphatic heterocycles. The zero-order valence-corrected chi connectivity index (χ0v) is 15.3. The summed E-state index contributed by atoms with van der Waals surface area (Å²) in [7, 11) is 1.78. The maximum absolute atomic E-state index is 12.1. The average molecular weight is 368 g/mol. The lowest BCUT2D eigenvalue weighted by Crippen LogP contribution is -2.06. The summed E-state index contributed by atoms with van der Waals surface area (Å²) in [6.07, 6.45) is 7.15. The molecule has 0 N–H and O–H groups in total. The van der Waals surface area contributed by atoms with Crippen LogP contribution in [0.3, 0.4) is 0 Å². The van der Waals surface area contributed by atoms with Crippen LogP contribution in [0.25, 0.3) is 23.4 Å². The van der Waals surface area contributed by atoms with Crippen molar-refractivity contribution in [3.05, 3.63) is 70.6 Å². The van der Waals surface area contributed by atoms with Gasteiger partial charge >= 0.3 is 5.97 Å². The summed E-state index contributed by atoms with van der Waals surface area (Å²) in [5.41, 5.74) is 3.63. The van der Waals surface area contributed by atoms with Gasteiger partial charge in [0.25, 0.3) is 0 Å². The highest BCUT2D eigenvalue weighted by Crippen LogP contribution is 2.29. The Morgan fingerprint density at radius 2 is 2.04 bits per heavy atom. The maximum atomic E-state index is 12.1. The average Bonchev–Trinajstić information content (AvgIpc) is 2.95. The van der Waals surface area contributed by atoms with Crippen LogP contribution in [0, 0.1) is 0 Å². The summed E-state index contributed by atoms with van der Waals surface area (Å²) in [5.74, 6) is -0.350. The third kappa shape index (κ3) is 3.68. The number of carbonyl (C=O) groups excluding carboxylic acids is 1. The minimum atomic E-state index is -0.350. The molecule has 2 heterocycles. The van der Waals surface area contributed by atoms with Gasteiger partial charge < -0.3 is 4.74 Å². The van der Waals surface area contributed by atoms with Crippen molar-refractivity contribution in [3.8, 4) is 11.3 Å². The van der Waals surface area contributed by atoms with E-state index in [0.717, 1.165) is 22.4 Å². The molecule has 5 nitrogen and oxygen atoms in total. The molecule has 3 aromatic rings. The van der Waals surface area contributed by atoms with Gasteiger partial charge in [0.1, 0.15) is 10.8 Å². The first kappa shape index (κ1) is 17.9. The second kappa shape index (κ2) is 7.97. The van der Waals surface area contributed by atoms with Gasteiger partial charge in [0.2, 0.25) is 0 Å². The predicted octanol–water partition coefficient (Wildman–Crippen LogP) is 4.48. The van der Waals surface area contributed by atoms with Crippen LogP contribution in [0.4, 0.5) is 0 Å². The number of halogens is 1. The number of hydrogen-bond donors (Lipinski definition) is 0. The van der Waals surface area contributed by atoms with Crippen molar-refractivity contribution in [3.63, 3.8) is 0 Å². The van der Waals surface area contributed by atoms with Crippen LogP contribution < -0.4 is 0 Å². The fraction of sp³-hybridized carbons (Fsp3) is 0.150. The van der Waals surface area contributed by atoms with E-state index in [9.17, 15) is 4.79 Å². The van der Waals surface area contributed by atoms with E-state index in [-0.39, 0.29) is 5.97 Å². The van der Waals surface area contributed by atoms with E-state index in [0.29, 0.717) is 17.3 Å². The van der Waals surface area contributed by atoms with Crippen molar-refractivity contribution >= 4 is 29.7 Å². The van der Waals surface area contributed by atoms with E-state index in [4.69, 9.17) is 16.3 Å². The zero-order chi connectivity index (χ0) is 18.5. The van der Waals surface area contributed by atoms with Gasteiger partial charge in [-0.2, -0.15) is 5.10 Å². The Kier molecular flexibility index (Phi) is 5.49. The molecule has 0 saturated carbocycles. The molecule has 6 heteroatoms. The molecule has 0 saturated heterocycles. The number of aryl methyl sites for hydroxylation is 1. The van der Waals surface area contributed by atoms with Crippen LogP contribution >= 0.6 is 11.6 Å². The molecule has 0 unspecified atom stereocenters. The van der Waals surface area contributed by atoms with E-state index >= 15 is 0 Å². The van der Waals surface area contributed by atoms with Crippen LogP contribution in [0.15, 0.2) is 48.8 Å². The minimum absolute atomic E-state index is 0.330. The predicted molar refractivity (Wildman–Crippen MR) is 103 cm³/mol. The Hall–Kier alpha value is -2.92. The normalized spacial score (nSPS) is 11.0. The number of pyridine rings is 1. The van der Waals surface area contributed by atoms with Crippen LogP contribution in [-0.2, 0) is 11.8 Å². The fourth-order valence-electron chi connectivity index (χ4n) is 2.59. The molecule has 3 rings (SSSR count). The molecule has 132 valence electrons. The largest absolute Gasteiger partial charge is 0.462 e. The summed E-state index contributed by atoms with van der Waals surface area (Å²) in [5, 5.41) is 4.99. The molecule has 2 aromatic heterocycles. The second-order valence-corrected chi connectivity index (χ2v) is 5.92. The molecule has 0 fully saturated rings. The third-order valence-corrected chi connectivity index (χ3v) is 4.28. The first-order valence-corrected chi connectivity index (χ1v) is 8.56. The first-order chi connectivity index (χ1) is 12.6. The SMILES string of the molecule is CCOC(=O)c1ccccc1C=Cc1c(-c2cccnc2)nn(C)c1Cl. The minimum Gasteiger partial charge on any atom is -0.462 e. The first-order valence-electron chi connectivity index (χ1n) is 8.19. The number of esters is 1. The van der Waals surface area contributed by atoms with Crippen molar-refractivity contribution < 1.29 is 9.53 Å². The quantitative estimate of drug-likeness (QED) is 0.624. The molecule has 26 heavy (non-hydrogen) atoms. The van der Waals surface area contributed by atoms with Crippen molar-refractivity contribution in [2.75, 3.05) is 6.61 Å². The smallest absolute Gasteiger partial charge is 0.338 e. The number of rotatable bonds is 5. The number of hydrogen-bond acceptors (Lipinski definition) is 4. The Labute approximate surface area is 156 Å². The highest BCUT2D eigenvalue weighted by molar-refractivity contribution is 6.31. The summed E-state index contributed by atoms with van der Waals surface area (Å²) in [4.78, 5) is 16.3. The monoisotopic (exact) mass is 367 g/mol. The van der Waals surface area contributed by atoms with Crippen LogP contribution in [-0.4, -0.2) is 27.3 Å². The van der Waals surface area contributed by atoms with Gasteiger partial charge in [-0.15, -0.1) is 0 Å². The number of carbonyl (C=O) groups is 1. The highest BCUT2D eigenvalue weighted by atomic mass is 35.5. The van der Waals surface area contributed by atoms with Gasteiger partial charge in [-0.3, -0.25) is 9.67 Å². The second-order valence-electron chi connectivity index (χ2n) is 5.56. The van der Waals surface area contributed by atoms with E-state index in [1.54, 1.807) is 37.1 Å². The van der Waals surface area contributed by atoms with Crippen LogP contribution in [0.2, 0.25) is 5.15 Å². The Morgan fingerprint density at radius 1 is 1.23 bits per heavy atom. The van der Waals surface area contributed by atoms with Crippen molar-refractivity contribution in [2.24, 2.45) is 7.05 Å². The fourth-order valence-corrected chi connectivity index (χ4v) is 2.78. The number of benzene rings is 1. The molecule has 0 spiro atoms. The Balaban J connectivity index is 2.02. The van der Waals surface area contributed by atoms with E-state index in [1.807, 2.05) is 42.5 Å².